The van der Waals surface area contributed by atoms with Gasteiger partial charge in [0.1, 0.15) is 17.4 Å². The van der Waals surface area contributed by atoms with Gasteiger partial charge in [-0.2, -0.15) is 0 Å². The summed E-state index contributed by atoms with van der Waals surface area (Å²) in [7, 11) is 1.60. The number of anilines is 2. The SMILES string of the molecule is COc1ccc(C(=O)Nc2cc(-c3ccnc(N4CCC(C)CC4)c3)ccn2)cc1. The van der Waals surface area contributed by atoms with Gasteiger partial charge in [0.25, 0.3) is 5.91 Å². The summed E-state index contributed by atoms with van der Waals surface area (Å²) in [5.74, 6) is 2.79. The van der Waals surface area contributed by atoms with Crippen molar-refractivity contribution >= 4 is 17.5 Å². The number of carbonyl (C=O) groups is 1. The standard InChI is InChI=1S/C24H26N4O2/c1-17-9-13-28(14-10-17)23-16-20(8-12-26-23)19-7-11-25-22(15-19)27-24(29)18-3-5-21(30-2)6-4-18/h3-8,11-12,15-17H,9-10,13-14H2,1-2H3,(H,25,27,29). The van der Waals surface area contributed by atoms with Crippen LogP contribution in [0.5, 0.6) is 5.75 Å². The Morgan fingerprint density at radius 1 is 1.00 bits per heavy atom. The van der Waals surface area contributed by atoms with Crippen LogP contribution in [0, 0.1) is 5.92 Å². The van der Waals surface area contributed by atoms with Crippen LogP contribution < -0.4 is 15.0 Å². The zero-order valence-electron chi connectivity index (χ0n) is 17.3. The van der Waals surface area contributed by atoms with Gasteiger partial charge in [-0.1, -0.05) is 6.92 Å². The van der Waals surface area contributed by atoms with E-state index in [0.29, 0.717) is 17.1 Å². The van der Waals surface area contributed by atoms with Crippen LogP contribution in [-0.2, 0) is 0 Å². The van der Waals surface area contributed by atoms with Crippen LogP contribution in [0.1, 0.15) is 30.1 Å². The van der Waals surface area contributed by atoms with Crippen molar-refractivity contribution in [3.05, 3.63) is 66.5 Å². The zero-order chi connectivity index (χ0) is 20.9. The second-order valence-electron chi connectivity index (χ2n) is 7.68. The molecule has 1 saturated heterocycles. The van der Waals surface area contributed by atoms with Gasteiger partial charge in [-0.05, 0) is 78.4 Å². The molecule has 3 heterocycles. The van der Waals surface area contributed by atoms with E-state index >= 15 is 0 Å². The Balaban J connectivity index is 1.50. The third kappa shape index (κ3) is 4.59. The molecule has 30 heavy (non-hydrogen) atoms. The van der Waals surface area contributed by atoms with E-state index in [2.05, 4.69) is 33.2 Å². The Kier molecular flexibility index (Phi) is 5.93. The first kappa shape index (κ1) is 19.9. The fourth-order valence-electron chi connectivity index (χ4n) is 3.62. The van der Waals surface area contributed by atoms with Gasteiger partial charge in [0, 0.05) is 31.0 Å². The van der Waals surface area contributed by atoms with E-state index < -0.39 is 0 Å². The fourth-order valence-corrected chi connectivity index (χ4v) is 3.62. The van der Waals surface area contributed by atoms with Gasteiger partial charge in [-0.3, -0.25) is 4.79 Å². The molecule has 0 spiro atoms. The molecule has 6 heteroatoms. The summed E-state index contributed by atoms with van der Waals surface area (Å²) in [6, 6.07) is 14.9. The molecule has 0 unspecified atom stereocenters. The maximum Gasteiger partial charge on any atom is 0.256 e. The molecular formula is C24H26N4O2. The summed E-state index contributed by atoms with van der Waals surface area (Å²) in [6.45, 7) is 4.38. The molecule has 1 aromatic carbocycles. The minimum absolute atomic E-state index is 0.208. The summed E-state index contributed by atoms with van der Waals surface area (Å²) < 4.78 is 5.14. The van der Waals surface area contributed by atoms with Crippen molar-refractivity contribution in [2.75, 3.05) is 30.4 Å². The Hall–Kier alpha value is -3.41. The maximum absolute atomic E-state index is 12.5. The van der Waals surface area contributed by atoms with Crippen LogP contribution in [0.15, 0.2) is 60.9 Å². The number of nitrogens with zero attached hydrogens (tertiary/aromatic N) is 3. The van der Waals surface area contributed by atoms with Crippen molar-refractivity contribution < 1.29 is 9.53 Å². The highest BCUT2D eigenvalue weighted by molar-refractivity contribution is 6.04. The second kappa shape index (κ2) is 8.95. The monoisotopic (exact) mass is 402 g/mol. The zero-order valence-corrected chi connectivity index (χ0v) is 17.3. The Labute approximate surface area is 176 Å². The summed E-state index contributed by atoms with van der Waals surface area (Å²) in [4.78, 5) is 23.8. The second-order valence-corrected chi connectivity index (χ2v) is 7.68. The molecule has 1 aliphatic heterocycles. The molecule has 0 bridgehead atoms. The number of pyridine rings is 2. The minimum Gasteiger partial charge on any atom is -0.497 e. The van der Waals surface area contributed by atoms with Crippen LogP contribution in [0.25, 0.3) is 11.1 Å². The van der Waals surface area contributed by atoms with Gasteiger partial charge in [-0.25, -0.2) is 9.97 Å². The summed E-state index contributed by atoms with van der Waals surface area (Å²) >= 11 is 0. The number of hydrogen-bond acceptors (Lipinski definition) is 5. The van der Waals surface area contributed by atoms with Crippen molar-refractivity contribution in [2.45, 2.75) is 19.8 Å². The Bertz CT molecular complexity index is 1010. The molecule has 2 aromatic heterocycles. The molecule has 1 fully saturated rings. The van der Waals surface area contributed by atoms with Gasteiger partial charge in [0.2, 0.25) is 0 Å². The molecule has 154 valence electrons. The summed E-state index contributed by atoms with van der Waals surface area (Å²) in [6.07, 6.45) is 5.95. The van der Waals surface area contributed by atoms with Crippen molar-refractivity contribution in [1.29, 1.82) is 0 Å². The lowest BCUT2D eigenvalue weighted by atomic mass is 9.99. The van der Waals surface area contributed by atoms with Gasteiger partial charge in [-0.15, -0.1) is 0 Å². The molecule has 1 aliphatic rings. The van der Waals surface area contributed by atoms with E-state index in [-0.39, 0.29) is 5.91 Å². The topological polar surface area (TPSA) is 67.3 Å². The van der Waals surface area contributed by atoms with Crippen molar-refractivity contribution in [3.8, 4) is 16.9 Å². The van der Waals surface area contributed by atoms with Gasteiger partial charge in [0.15, 0.2) is 0 Å². The number of hydrogen-bond donors (Lipinski definition) is 1. The number of aromatic nitrogens is 2. The fraction of sp³-hybridized carbons (Fsp3) is 0.292. The highest BCUT2D eigenvalue weighted by Crippen LogP contribution is 2.27. The third-order valence-electron chi connectivity index (χ3n) is 5.54. The molecular weight excluding hydrogens is 376 g/mol. The van der Waals surface area contributed by atoms with Crippen molar-refractivity contribution in [2.24, 2.45) is 5.92 Å². The molecule has 1 amide bonds. The largest absolute Gasteiger partial charge is 0.497 e. The molecule has 4 rings (SSSR count). The lowest BCUT2D eigenvalue weighted by Gasteiger charge is -2.31. The molecule has 6 nitrogen and oxygen atoms in total. The number of ether oxygens (including phenoxy) is 1. The average Bonchev–Trinajstić information content (AvgIpc) is 2.80. The number of piperidine rings is 1. The number of benzene rings is 1. The smallest absolute Gasteiger partial charge is 0.256 e. The first-order chi connectivity index (χ1) is 14.6. The lowest BCUT2D eigenvalue weighted by Crippen LogP contribution is -2.33. The van der Waals surface area contributed by atoms with E-state index in [4.69, 9.17) is 4.74 Å². The highest BCUT2D eigenvalue weighted by Gasteiger charge is 2.17. The van der Waals surface area contributed by atoms with Crippen LogP contribution in [0.4, 0.5) is 11.6 Å². The normalized spacial score (nSPS) is 14.4. The predicted octanol–water partition coefficient (Wildman–Crippen LogP) is 4.64. The minimum atomic E-state index is -0.208. The molecule has 1 N–H and O–H groups in total. The van der Waals surface area contributed by atoms with E-state index in [1.807, 2.05) is 24.4 Å². The molecule has 0 atom stereocenters. The molecule has 0 saturated carbocycles. The van der Waals surface area contributed by atoms with Crippen molar-refractivity contribution in [3.63, 3.8) is 0 Å². The summed E-state index contributed by atoms with van der Waals surface area (Å²) in [5, 5.41) is 2.87. The number of nitrogens with one attached hydrogen (secondary N) is 1. The van der Waals surface area contributed by atoms with E-state index in [9.17, 15) is 4.79 Å². The number of carbonyl (C=O) groups excluding carboxylic acids is 1. The number of amides is 1. The molecule has 3 aromatic rings. The number of methoxy groups -OCH3 is 1. The maximum atomic E-state index is 12.5. The highest BCUT2D eigenvalue weighted by atomic mass is 16.5. The quantitative estimate of drug-likeness (QED) is 0.673. The first-order valence-corrected chi connectivity index (χ1v) is 10.3. The Morgan fingerprint density at radius 3 is 2.37 bits per heavy atom. The van der Waals surface area contributed by atoms with Gasteiger partial charge >= 0.3 is 0 Å². The average molecular weight is 402 g/mol. The van der Waals surface area contributed by atoms with E-state index in [0.717, 1.165) is 36.0 Å². The molecule has 0 aliphatic carbocycles. The molecule has 0 radical (unpaired) electrons. The van der Waals surface area contributed by atoms with Crippen LogP contribution >= 0.6 is 0 Å². The first-order valence-electron chi connectivity index (χ1n) is 10.3. The lowest BCUT2D eigenvalue weighted by molar-refractivity contribution is 0.102. The van der Waals surface area contributed by atoms with Crippen LogP contribution in [0.2, 0.25) is 0 Å². The number of rotatable bonds is 5. The van der Waals surface area contributed by atoms with Gasteiger partial charge < -0.3 is 15.0 Å². The van der Waals surface area contributed by atoms with Gasteiger partial charge in [0.05, 0.1) is 7.11 Å². The van der Waals surface area contributed by atoms with Crippen LogP contribution in [0.3, 0.4) is 0 Å². The Morgan fingerprint density at radius 2 is 1.67 bits per heavy atom. The predicted molar refractivity (Wildman–Crippen MR) is 119 cm³/mol. The summed E-state index contributed by atoms with van der Waals surface area (Å²) in [5.41, 5.74) is 2.60. The third-order valence-corrected chi connectivity index (χ3v) is 5.54. The van der Waals surface area contributed by atoms with Crippen LogP contribution in [-0.4, -0.2) is 36.1 Å². The van der Waals surface area contributed by atoms with E-state index in [1.165, 1.54) is 12.8 Å². The van der Waals surface area contributed by atoms with E-state index in [1.54, 1.807) is 37.6 Å². The van der Waals surface area contributed by atoms with Crippen molar-refractivity contribution in [1.82, 2.24) is 9.97 Å².